The summed E-state index contributed by atoms with van der Waals surface area (Å²) < 4.78 is 5.90. The molecule has 1 saturated heterocycles. The summed E-state index contributed by atoms with van der Waals surface area (Å²) in [5.74, 6) is 0. The monoisotopic (exact) mass is 209 g/mol. The lowest BCUT2D eigenvalue weighted by atomic mass is 9.74. The molecule has 0 aromatic carbocycles. The lowest BCUT2D eigenvalue weighted by molar-refractivity contribution is -0.135. The van der Waals surface area contributed by atoms with Gasteiger partial charge in [0.15, 0.2) is 0 Å². The molecule has 1 unspecified atom stereocenters. The van der Waals surface area contributed by atoms with Crippen molar-refractivity contribution in [3.8, 4) is 0 Å². The van der Waals surface area contributed by atoms with Crippen LogP contribution in [-0.2, 0) is 4.74 Å². The lowest BCUT2D eigenvalue weighted by Crippen LogP contribution is -2.50. The van der Waals surface area contributed by atoms with Crippen LogP contribution in [0.5, 0.6) is 0 Å². The Labute approximate surface area is 93.1 Å². The molecule has 0 bridgehead atoms. The first kappa shape index (κ1) is 11.2. The minimum Gasteiger partial charge on any atom is -0.375 e. The number of rotatable bonds is 3. The van der Waals surface area contributed by atoms with Crippen molar-refractivity contribution < 1.29 is 4.74 Å². The molecule has 2 aliphatic rings. The Morgan fingerprint density at radius 3 is 2.87 bits per heavy atom. The van der Waals surface area contributed by atoms with E-state index in [0.717, 1.165) is 13.2 Å². The minimum atomic E-state index is 0.279. The second kappa shape index (κ2) is 4.67. The summed E-state index contributed by atoms with van der Waals surface area (Å²) in [6, 6.07) is 0.676. The number of ether oxygens (including phenoxy) is 1. The van der Waals surface area contributed by atoms with E-state index in [1.807, 2.05) is 0 Å². The predicted molar refractivity (Wildman–Crippen MR) is 63.0 cm³/mol. The van der Waals surface area contributed by atoms with Crippen molar-refractivity contribution in [2.45, 2.75) is 57.6 Å². The second-order valence-corrected chi connectivity index (χ2v) is 5.26. The van der Waals surface area contributed by atoms with Crippen LogP contribution >= 0.6 is 0 Å². The first-order valence-corrected chi connectivity index (χ1v) is 6.21. The number of allylic oxidation sites excluding steroid dienone is 1. The Hall–Kier alpha value is -0.340. The first-order valence-electron chi connectivity index (χ1n) is 6.21. The predicted octanol–water partition coefficient (Wildman–Crippen LogP) is 2.64. The topological polar surface area (TPSA) is 21.3 Å². The molecular weight excluding hydrogens is 186 g/mol. The zero-order valence-electron chi connectivity index (χ0n) is 10.0. The fraction of sp³-hybridized carbons (Fsp3) is 0.846. The van der Waals surface area contributed by atoms with Crippen LogP contribution < -0.4 is 5.32 Å². The van der Waals surface area contributed by atoms with E-state index in [9.17, 15) is 0 Å². The first-order chi connectivity index (χ1) is 7.20. The molecule has 0 aromatic rings. The molecule has 2 rings (SSSR count). The van der Waals surface area contributed by atoms with Crippen LogP contribution in [0, 0.1) is 0 Å². The molecule has 1 spiro atoms. The average Bonchev–Trinajstić information content (AvgIpc) is 2.15. The van der Waals surface area contributed by atoms with Crippen molar-refractivity contribution in [1.29, 1.82) is 0 Å². The number of hydrogen-bond donors (Lipinski definition) is 1. The average molecular weight is 209 g/mol. The van der Waals surface area contributed by atoms with E-state index in [4.69, 9.17) is 4.74 Å². The largest absolute Gasteiger partial charge is 0.375 e. The summed E-state index contributed by atoms with van der Waals surface area (Å²) >= 11 is 0. The maximum Gasteiger partial charge on any atom is 0.0697 e. The molecule has 1 atom stereocenters. The molecule has 2 nitrogen and oxygen atoms in total. The van der Waals surface area contributed by atoms with E-state index in [1.54, 1.807) is 0 Å². The van der Waals surface area contributed by atoms with E-state index < -0.39 is 0 Å². The standard InChI is InChI=1S/C13H23NO/c1-11(2)4-8-14-12-5-9-15-13(10-12)6-3-7-13/h4,12,14H,3,5-10H2,1-2H3. The van der Waals surface area contributed by atoms with Crippen LogP contribution in [0.3, 0.4) is 0 Å². The van der Waals surface area contributed by atoms with Gasteiger partial charge in [0.05, 0.1) is 5.60 Å². The van der Waals surface area contributed by atoms with Crippen molar-refractivity contribution in [3.05, 3.63) is 11.6 Å². The highest BCUT2D eigenvalue weighted by atomic mass is 16.5. The van der Waals surface area contributed by atoms with Gasteiger partial charge in [0, 0.05) is 19.2 Å². The Morgan fingerprint density at radius 2 is 2.27 bits per heavy atom. The highest BCUT2D eigenvalue weighted by molar-refractivity contribution is 4.98. The van der Waals surface area contributed by atoms with Gasteiger partial charge in [0.25, 0.3) is 0 Å². The molecule has 1 saturated carbocycles. The zero-order valence-corrected chi connectivity index (χ0v) is 10.0. The molecule has 1 aliphatic carbocycles. The summed E-state index contributed by atoms with van der Waals surface area (Å²) in [7, 11) is 0. The molecule has 0 aromatic heterocycles. The van der Waals surface area contributed by atoms with Crippen LogP contribution in [0.2, 0.25) is 0 Å². The minimum absolute atomic E-state index is 0.279. The van der Waals surface area contributed by atoms with Crippen molar-refractivity contribution in [3.63, 3.8) is 0 Å². The van der Waals surface area contributed by atoms with E-state index >= 15 is 0 Å². The van der Waals surface area contributed by atoms with Crippen LogP contribution in [0.25, 0.3) is 0 Å². The van der Waals surface area contributed by atoms with Gasteiger partial charge in [-0.25, -0.2) is 0 Å². The quantitative estimate of drug-likeness (QED) is 0.721. The molecule has 86 valence electrons. The van der Waals surface area contributed by atoms with Gasteiger partial charge in [-0.3, -0.25) is 0 Å². The maximum absolute atomic E-state index is 5.90. The fourth-order valence-corrected chi connectivity index (χ4v) is 2.55. The molecule has 0 amide bonds. The Morgan fingerprint density at radius 1 is 1.47 bits per heavy atom. The van der Waals surface area contributed by atoms with E-state index in [1.165, 1.54) is 37.7 Å². The highest BCUT2D eigenvalue weighted by Gasteiger charge is 2.42. The molecule has 1 aliphatic heterocycles. The molecule has 1 heterocycles. The Kier molecular flexibility index (Phi) is 3.47. The van der Waals surface area contributed by atoms with Gasteiger partial charge < -0.3 is 10.1 Å². The van der Waals surface area contributed by atoms with Crippen molar-refractivity contribution in [2.75, 3.05) is 13.2 Å². The normalized spacial score (nSPS) is 28.5. The van der Waals surface area contributed by atoms with Crippen LogP contribution in [-0.4, -0.2) is 24.8 Å². The van der Waals surface area contributed by atoms with E-state index in [-0.39, 0.29) is 5.60 Å². The second-order valence-electron chi connectivity index (χ2n) is 5.26. The van der Waals surface area contributed by atoms with Crippen molar-refractivity contribution >= 4 is 0 Å². The third-order valence-electron chi connectivity index (χ3n) is 3.67. The Bertz CT molecular complexity index is 239. The summed E-state index contributed by atoms with van der Waals surface area (Å²) in [4.78, 5) is 0. The van der Waals surface area contributed by atoms with Gasteiger partial charge in [-0.05, 0) is 46.0 Å². The SMILES string of the molecule is CC(C)=CCNC1CCOC2(CCC2)C1. The molecule has 2 heteroatoms. The van der Waals surface area contributed by atoms with Gasteiger partial charge in [-0.15, -0.1) is 0 Å². The third-order valence-corrected chi connectivity index (χ3v) is 3.67. The van der Waals surface area contributed by atoms with Gasteiger partial charge in [-0.1, -0.05) is 11.6 Å². The van der Waals surface area contributed by atoms with Crippen LogP contribution in [0.1, 0.15) is 46.0 Å². The van der Waals surface area contributed by atoms with Crippen LogP contribution in [0.4, 0.5) is 0 Å². The summed E-state index contributed by atoms with van der Waals surface area (Å²) in [5.41, 5.74) is 1.67. The maximum atomic E-state index is 5.90. The third kappa shape index (κ3) is 2.82. The zero-order chi connectivity index (χ0) is 10.7. The highest BCUT2D eigenvalue weighted by Crippen LogP contribution is 2.42. The molecule has 0 radical (unpaired) electrons. The van der Waals surface area contributed by atoms with E-state index in [2.05, 4.69) is 25.2 Å². The number of hydrogen-bond acceptors (Lipinski definition) is 2. The molecule has 15 heavy (non-hydrogen) atoms. The van der Waals surface area contributed by atoms with Gasteiger partial charge in [0.1, 0.15) is 0 Å². The van der Waals surface area contributed by atoms with Gasteiger partial charge >= 0.3 is 0 Å². The van der Waals surface area contributed by atoms with Gasteiger partial charge in [0.2, 0.25) is 0 Å². The molecular formula is C13H23NO. The fourth-order valence-electron chi connectivity index (χ4n) is 2.55. The van der Waals surface area contributed by atoms with Gasteiger partial charge in [-0.2, -0.15) is 0 Å². The van der Waals surface area contributed by atoms with Crippen LogP contribution in [0.15, 0.2) is 11.6 Å². The molecule has 1 N–H and O–H groups in total. The smallest absolute Gasteiger partial charge is 0.0697 e. The van der Waals surface area contributed by atoms with Crippen molar-refractivity contribution in [1.82, 2.24) is 5.32 Å². The summed E-state index contributed by atoms with van der Waals surface area (Å²) in [5, 5.41) is 3.62. The molecule has 2 fully saturated rings. The van der Waals surface area contributed by atoms with Crippen molar-refractivity contribution in [2.24, 2.45) is 0 Å². The van der Waals surface area contributed by atoms with E-state index in [0.29, 0.717) is 6.04 Å². The summed E-state index contributed by atoms with van der Waals surface area (Å²) in [6.45, 7) is 6.27. The number of nitrogens with one attached hydrogen (secondary N) is 1. The Balaban J connectivity index is 1.75. The lowest BCUT2D eigenvalue weighted by Gasteiger charge is -2.47. The summed E-state index contributed by atoms with van der Waals surface area (Å²) in [6.07, 6.45) is 8.60.